The molecule has 0 radical (unpaired) electrons. The Morgan fingerprint density at radius 1 is 1.26 bits per heavy atom. The van der Waals surface area contributed by atoms with Gasteiger partial charge in [0.25, 0.3) is 0 Å². The van der Waals surface area contributed by atoms with Gasteiger partial charge in [-0.2, -0.15) is 0 Å². The lowest BCUT2D eigenvalue weighted by molar-refractivity contribution is -0.00889. The van der Waals surface area contributed by atoms with Crippen molar-refractivity contribution in [2.24, 2.45) is 5.92 Å². The summed E-state index contributed by atoms with van der Waals surface area (Å²) in [5.74, 6) is 0.833. The molecule has 0 spiro atoms. The first-order valence-corrected chi connectivity index (χ1v) is 8.26. The molecule has 1 fully saturated rings. The van der Waals surface area contributed by atoms with Gasteiger partial charge in [-0.1, -0.05) is 31.5 Å². The summed E-state index contributed by atoms with van der Waals surface area (Å²) in [4.78, 5) is 0. The van der Waals surface area contributed by atoms with Gasteiger partial charge in [0.1, 0.15) is 0 Å². The molecule has 0 bridgehead atoms. The van der Waals surface area contributed by atoms with E-state index in [0.717, 1.165) is 25.2 Å². The molecule has 102 valence electrons. The molecule has 1 aromatic carbocycles. The first-order valence-electron chi connectivity index (χ1n) is 7.38. The van der Waals surface area contributed by atoms with Crippen LogP contribution in [0.2, 0.25) is 0 Å². The molecule has 1 saturated carbocycles. The Hall–Kier alpha value is -0.860. The van der Waals surface area contributed by atoms with Crippen molar-refractivity contribution in [1.29, 1.82) is 0 Å². The largest absolute Gasteiger partial charge is 0.390 e. The van der Waals surface area contributed by atoms with Crippen molar-refractivity contribution in [3.63, 3.8) is 0 Å². The third kappa shape index (κ3) is 2.70. The zero-order valence-electron chi connectivity index (χ0n) is 11.6. The van der Waals surface area contributed by atoms with Crippen LogP contribution in [0.1, 0.15) is 44.6 Å². The molecule has 1 aromatic heterocycles. The van der Waals surface area contributed by atoms with Crippen molar-refractivity contribution < 1.29 is 5.11 Å². The number of hydrogen-bond donors (Lipinski definition) is 1. The minimum absolute atomic E-state index is 0.463. The molecule has 0 atom stereocenters. The van der Waals surface area contributed by atoms with E-state index in [0.29, 0.717) is 0 Å². The number of fused-ring (bicyclic) bond motifs is 1. The number of benzene rings is 1. The van der Waals surface area contributed by atoms with Gasteiger partial charge in [0.2, 0.25) is 0 Å². The monoisotopic (exact) mass is 274 g/mol. The highest BCUT2D eigenvalue weighted by molar-refractivity contribution is 7.17. The van der Waals surface area contributed by atoms with E-state index < -0.39 is 5.60 Å². The Morgan fingerprint density at radius 3 is 2.74 bits per heavy atom. The van der Waals surface area contributed by atoms with E-state index in [9.17, 15) is 5.11 Å². The van der Waals surface area contributed by atoms with Crippen LogP contribution in [0, 0.1) is 5.92 Å². The molecule has 2 heteroatoms. The quantitative estimate of drug-likeness (QED) is 0.854. The molecule has 0 aliphatic heterocycles. The Morgan fingerprint density at radius 2 is 2.00 bits per heavy atom. The van der Waals surface area contributed by atoms with Gasteiger partial charge < -0.3 is 5.11 Å². The van der Waals surface area contributed by atoms with Crippen LogP contribution < -0.4 is 0 Å². The maximum absolute atomic E-state index is 10.8. The van der Waals surface area contributed by atoms with Crippen molar-refractivity contribution in [2.75, 3.05) is 0 Å². The van der Waals surface area contributed by atoms with E-state index in [2.05, 4.69) is 36.6 Å². The summed E-state index contributed by atoms with van der Waals surface area (Å²) in [5, 5.41) is 14.4. The molecule has 0 saturated heterocycles. The second kappa shape index (κ2) is 5.26. The Labute approximate surface area is 119 Å². The van der Waals surface area contributed by atoms with Crippen LogP contribution in [0.15, 0.2) is 29.6 Å². The van der Waals surface area contributed by atoms with Crippen LogP contribution in [0.25, 0.3) is 10.1 Å². The SMILES string of the molecule is CCC1CCC(O)(Cc2csc3ccccc23)CC1. The second-order valence-corrected chi connectivity index (χ2v) is 6.92. The molecule has 0 unspecified atom stereocenters. The Bertz CT molecular complexity index is 549. The summed E-state index contributed by atoms with van der Waals surface area (Å²) < 4.78 is 1.34. The zero-order chi connectivity index (χ0) is 13.3. The summed E-state index contributed by atoms with van der Waals surface area (Å²) in [6, 6.07) is 8.53. The van der Waals surface area contributed by atoms with Crippen molar-refractivity contribution in [3.05, 3.63) is 35.2 Å². The predicted molar refractivity (Wildman–Crippen MR) is 82.7 cm³/mol. The number of rotatable bonds is 3. The third-order valence-electron chi connectivity index (χ3n) is 4.69. The van der Waals surface area contributed by atoms with E-state index in [1.807, 2.05) is 0 Å². The highest BCUT2D eigenvalue weighted by atomic mass is 32.1. The van der Waals surface area contributed by atoms with Crippen LogP contribution in [0.3, 0.4) is 0 Å². The van der Waals surface area contributed by atoms with Gasteiger partial charge in [-0.05, 0) is 54.0 Å². The molecule has 1 aliphatic rings. The van der Waals surface area contributed by atoms with Crippen LogP contribution in [0.4, 0.5) is 0 Å². The molecule has 1 aliphatic carbocycles. The molecule has 2 aromatic rings. The van der Waals surface area contributed by atoms with Gasteiger partial charge in [-0.25, -0.2) is 0 Å². The van der Waals surface area contributed by atoms with E-state index >= 15 is 0 Å². The minimum Gasteiger partial charge on any atom is -0.390 e. The third-order valence-corrected chi connectivity index (χ3v) is 5.71. The fourth-order valence-electron chi connectivity index (χ4n) is 3.32. The van der Waals surface area contributed by atoms with Crippen LogP contribution in [0.5, 0.6) is 0 Å². The van der Waals surface area contributed by atoms with Gasteiger partial charge >= 0.3 is 0 Å². The normalized spacial score (nSPS) is 27.8. The standard InChI is InChI=1S/C17H22OS/c1-2-13-7-9-17(18,10-8-13)11-14-12-19-16-6-4-3-5-15(14)16/h3-6,12-13,18H,2,7-11H2,1H3. The van der Waals surface area contributed by atoms with Crippen molar-refractivity contribution in [3.8, 4) is 0 Å². The van der Waals surface area contributed by atoms with Gasteiger partial charge in [-0.15, -0.1) is 11.3 Å². The van der Waals surface area contributed by atoms with E-state index in [4.69, 9.17) is 0 Å². The van der Waals surface area contributed by atoms with Crippen molar-refractivity contribution in [1.82, 2.24) is 0 Å². The van der Waals surface area contributed by atoms with Crippen LogP contribution >= 0.6 is 11.3 Å². The maximum atomic E-state index is 10.8. The molecule has 0 amide bonds. The van der Waals surface area contributed by atoms with Crippen molar-refractivity contribution >= 4 is 21.4 Å². The summed E-state index contributed by atoms with van der Waals surface area (Å²) in [5.41, 5.74) is 0.869. The van der Waals surface area contributed by atoms with Gasteiger partial charge in [-0.3, -0.25) is 0 Å². The lowest BCUT2D eigenvalue weighted by Gasteiger charge is -2.35. The molecular weight excluding hydrogens is 252 g/mol. The summed E-state index contributed by atoms with van der Waals surface area (Å²) in [6.45, 7) is 2.27. The first-order chi connectivity index (χ1) is 9.20. The Balaban J connectivity index is 1.77. The molecular formula is C17H22OS. The smallest absolute Gasteiger partial charge is 0.0688 e. The number of aliphatic hydroxyl groups is 1. The van der Waals surface area contributed by atoms with E-state index in [1.54, 1.807) is 11.3 Å². The average Bonchev–Trinajstić information content (AvgIpc) is 2.83. The molecule has 1 nitrogen and oxygen atoms in total. The number of thiophene rings is 1. The highest BCUT2D eigenvalue weighted by Gasteiger charge is 2.33. The Kier molecular flexibility index (Phi) is 3.64. The van der Waals surface area contributed by atoms with Crippen LogP contribution in [-0.2, 0) is 6.42 Å². The predicted octanol–water partition coefficient (Wildman–Crippen LogP) is 4.78. The highest BCUT2D eigenvalue weighted by Crippen LogP contribution is 2.38. The summed E-state index contributed by atoms with van der Waals surface area (Å²) >= 11 is 1.80. The summed E-state index contributed by atoms with van der Waals surface area (Å²) in [7, 11) is 0. The number of hydrogen-bond acceptors (Lipinski definition) is 2. The fraction of sp³-hybridized carbons (Fsp3) is 0.529. The topological polar surface area (TPSA) is 20.2 Å². The lowest BCUT2D eigenvalue weighted by atomic mass is 9.75. The maximum Gasteiger partial charge on any atom is 0.0688 e. The first kappa shape index (κ1) is 13.1. The van der Waals surface area contributed by atoms with E-state index in [1.165, 1.54) is 34.9 Å². The van der Waals surface area contributed by atoms with E-state index in [-0.39, 0.29) is 0 Å². The second-order valence-electron chi connectivity index (χ2n) is 6.01. The fourth-order valence-corrected chi connectivity index (χ4v) is 4.29. The molecule has 1 N–H and O–H groups in total. The minimum atomic E-state index is -0.463. The molecule has 19 heavy (non-hydrogen) atoms. The zero-order valence-corrected chi connectivity index (χ0v) is 12.4. The van der Waals surface area contributed by atoms with Gasteiger partial charge in [0, 0.05) is 11.1 Å². The lowest BCUT2D eigenvalue weighted by Crippen LogP contribution is -2.36. The van der Waals surface area contributed by atoms with Gasteiger partial charge in [0.05, 0.1) is 5.60 Å². The van der Waals surface area contributed by atoms with Crippen molar-refractivity contribution in [2.45, 2.75) is 51.0 Å². The molecule has 3 rings (SSSR count). The molecule has 1 heterocycles. The van der Waals surface area contributed by atoms with Crippen LogP contribution in [-0.4, -0.2) is 10.7 Å². The summed E-state index contributed by atoms with van der Waals surface area (Å²) in [6.07, 6.45) is 6.40. The average molecular weight is 274 g/mol. The van der Waals surface area contributed by atoms with Gasteiger partial charge in [0.15, 0.2) is 0 Å².